The van der Waals surface area contributed by atoms with E-state index in [2.05, 4.69) is 15.4 Å². The number of anilines is 1. The van der Waals surface area contributed by atoms with E-state index in [1.165, 1.54) is 6.33 Å². The Morgan fingerprint density at radius 3 is 3.00 bits per heavy atom. The fourth-order valence-corrected chi connectivity index (χ4v) is 1.03. The molecule has 1 heterocycles. The first-order valence-corrected chi connectivity index (χ1v) is 4.80. The molecule has 82 valence electrons. The van der Waals surface area contributed by atoms with E-state index >= 15 is 0 Å². The van der Waals surface area contributed by atoms with Crippen LogP contribution in [0.1, 0.15) is 25.1 Å². The lowest BCUT2D eigenvalue weighted by Crippen LogP contribution is -2.11. The Morgan fingerprint density at radius 2 is 2.33 bits per heavy atom. The number of nitrogen functional groups attached to an aromatic ring is 1. The summed E-state index contributed by atoms with van der Waals surface area (Å²) in [5, 5.41) is 0. The van der Waals surface area contributed by atoms with Gasteiger partial charge in [0.2, 0.25) is 0 Å². The molecule has 0 aliphatic rings. The molecule has 0 saturated carbocycles. The minimum Gasteiger partial charge on any atom is -0.413 e. The molecule has 0 amide bonds. The van der Waals surface area contributed by atoms with Crippen molar-refractivity contribution in [1.29, 1.82) is 0 Å². The van der Waals surface area contributed by atoms with E-state index in [1.54, 1.807) is 0 Å². The molecular weight excluding hydrogens is 192 g/mol. The predicted molar refractivity (Wildman–Crippen MR) is 59.6 cm³/mol. The Hall–Kier alpha value is -1.62. The second-order valence-corrected chi connectivity index (χ2v) is 3.12. The van der Waals surface area contributed by atoms with Crippen LogP contribution in [0.25, 0.3) is 6.08 Å². The van der Waals surface area contributed by atoms with Crippen LogP contribution in [0.4, 0.5) is 5.82 Å². The van der Waals surface area contributed by atoms with E-state index in [4.69, 9.17) is 10.6 Å². The molecule has 1 rings (SSSR count). The summed E-state index contributed by atoms with van der Waals surface area (Å²) in [6.45, 7) is 6.43. The van der Waals surface area contributed by atoms with Crippen molar-refractivity contribution >= 4 is 11.9 Å². The number of nitrogens with zero attached hydrogens (tertiary/aromatic N) is 2. The Labute approximate surface area is 89.3 Å². The number of hydroxylamine groups is 1. The quantitative estimate of drug-likeness (QED) is 0.576. The topological polar surface area (TPSA) is 73.1 Å². The SMILES string of the molecule is CCNO/C(C)=C/c1ncnc(N)c1C. The van der Waals surface area contributed by atoms with Gasteiger partial charge < -0.3 is 10.6 Å². The highest BCUT2D eigenvalue weighted by Gasteiger charge is 2.02. The molecule has 3 N–H and O–H groups in total. The summed E-state index contributed by atoms with van der Waals surface area (Å²) >= 11 is 0. The number of rotatable bonds is 4. The van der Waals surface area contributed by atoms with Crippen molar-refractivity contribution in [2.24, 2.45) is 0 Å². The summed E-state index contributed by atoms with van der Waals surface area (Å²) in [4.78, 5) is 13.2. The molecule has 0 atom stereocenters. The summed E-state index contributed by atoms with van der Waals surface area (Å²) in [6, 6.07) is 0. The first kappa shape index (κ1) is 11.5. The van der Waals surface area contributed by atoms with Gasteiger partial charge >= 0.3 is 0 Å². The fraction of sp³-hybridized carbons (Fsp3) is 0.400. The number of nitrogens with two attached hydrogens (primary N) is 1. The average Bonchev–Trinajstić information content (AvgIpc) is 2.22. The monoisotopic (exact) mass is 208 g/mol. The van der Waals surface area contributed by atoms with Gasteiger partial charge in [-0.15, -0.1) is 0 Å². The van der Waals surface area contributed by atoms with E-state index in [-0.39, 0.29) is 0 Å². The maximum atomic E-state index is 5.66. The smallest absolute Gasteiger partial charge is 0.130 e. The zero-order valence-electron chi connectivity index (χ0n) is 9.24. The minimum atomic E-state index is 0.493. The average molecular weight is 208 g/mol. The summed E-state index contributed by atoms with van der Waals surface area (Å²) in [5.41, 5.74) is 10.1. The molecule has 1 aromatic rings. The number of allylic oxidation sites excluding steroid dienone is 1. The first-order valence-electron chi connectivity index (χ1n) is 4.80. The van der Waals surface area contributed by atoms with Gasteiger partial charge in [-0.25, -0.2) is 9.97 Å². The summed E-state index contributed by atoms with van der Waals surface area (Å²) in [7, 11) is 0. The van der Waals surface area contributed by atoms with E-state index in [1.807, 2.05) is 26.8 Å². The maximum absolute atomic E-state index is 5.66. The van der Waals surface area contributed by atoms with Crippen molar-refractivity contribution in [3.8, 4) is 0 Å². The van der Waals surface area contributed by atoms with Crippen LogP contribution in [0.2, 0.25) is 0 Å². The highest BCUT2D eigenvalue weighted by molar-refractivity contribution is 5.56. The van der Waals surface area contributed by atoms with Gasteiger partial charge in [0.25, 0.3) is 0 Å². The molecule has 0 radical (unpaired) electrons. The maximum Gasteiger partial charge on any atom is 0.130 e. The van der Waals surface area contributed by atoms with Crippen molar-refractivity contribution in [2.75, 3.05) is 12.3 Å². The van der Waals surface area contributed by atoms with E-state index in [0.717, 1.165) is 23.6 Å². The van der Waals surface area contributed by atoms with Crippen molar-refractivity contribution < 1.29 is 4.84 Å². The third-order valence-corrected chi connectivity index (χ3v) is 1.88. The van der Waals surface area contributed by atoms with Gasteiger partial charge in [0, 0.05) is 18.2 Å². The van der Waals surface area contributed by atoms with Gasteiger partial charge in [0.05, 0.1) is 5.69 Å². The van der Waals surface area contributed by atoms with Gasteiger partial charge in [-0.3, -0.25) is 0 Å². The molecule has 0 spiro atoms. The normalized spacial score (nSPS) is 11.5. The van der Waals surface area contributed by atoms with Crippen LogP contribution in [-0.4, -0.2) is 16.5 Å². The molecule has 15 heavy (non-hydrogen) atoms. The van der Waals surface area contributed by atoms with Gasteiger partial charge in [-0.05, 0) is 20.8 Å². The number of aromatic nitrogens is 2. The Morgan fingerprint density at radius 1 is 1.60 bits per heavy atom. The summed E-state index contributed by atoms with van der Waals surface area (Å²) in [6.07, 6.45) is 3.25. The number of hydrogen-bond acceptors (Lipinski definition) is 5. The molecule has 1 aromatic heterocycles. The molecule has 0 aliphatic carbocycles. The van der Waals surface area contributed by atoms with Crippen LogP contribution < -0.4 is 11.2 Å². The molecule has 0 unspecified atom stereocenters. The fourth-order valence-electron chi connectivity index (χ4n) is 1.03. The van der Waals surface area contributed by atoms with Gasteiger partial charge in [0.15, 0.2) is 0 Å². The highest BCUT2D eigenvalue weighted by Crippen LogP contribution is 2.13. The zero-order chi connectivity index (χ0) is 11.3. The van der Waals surface area contributed by atoms with Crippen LogP contribution in [0.15, 0.2) is 12.1 Å². The lowest BCUT2D eigenvalue weighted by molar-refractivity contribution is 0.114. The number of nitrogens with one attached hydrogen (secondary N) is 1. The summed E-state index contributed by atoms with van der Waals surface area (Å²) in [5.74, 6) is 1.23. The summed E-state index contributed by atoms with van der Waals surface area (Å²) < 4.78 is 0. The standard InChI is InChI=1S/C10H16N4O/c1-4-14-15-7(2)5-9-8(3)10(11)13-6-12-9/h5-6,14H,4H2,1-3H3,(H2,11,12,13)/b7-5+. The third kappa shape index (κ3) is 3.21. The lowest BCUT2D eigenvalue weighted by atomic mass is 10.2. The molecule has 0 fully saturated rings. The van der Waals surface area contributed by atoms with Crippen LogP contribution in [0.5, 0.6) is 0 Å². The van der Waals surface area contributed by atoms with E-state index in [9.17, 15) is 0 Å². The second-order valence-electron chi connectivity index (χ2n) is 3.12. The van der Waals surface area contributed by atoms with Gasteiger partial charge in [-0.1, -0.05) is 0 Å². The van der Waals surface area contributed by atoms with E-state index in [0.29, 0.717) is 5.82 Å². The Bertz CT molecular complexity index is 362. The molecule has 5 heteroatoms. The van der Waals surface area contributed by atoms with Crippen LogP contribution >= 0.6 is 0 Å². The van der Waals surface area contributed by atoms with Crippen LogP contribution in [0, 0.1) is 6.92 Å². The van der Waals surface area contributed by atoms with E-state index < -0.39 is 0 Å². The molecule has 0 saturated heterocycles. The van der Waals surface area contributed by atoms with Crippen molar-refractivity contribution in [1.82, 2.24) is 15.4 Å². The molecule has 0 aliphatic heterocycles. The predicted octanol–water partition coefficient (Wildman–Crippen LogP) is 1.27. The number of hydrogen-bond donors (Lipinski definition) is 2. The van der Waals surface area contributed by atoms with Crippen LogP contribution in [0.3, 0.4) is 0 Å². The zero-order valence-corrected chi connectivity index (χ0v) is 9.24. The Kier molecular flexibility index (Phi) is 4.05. The van der Waals surface area contributed by atoms with Crippen LogP contribution in [-0.2, 0) is 4.84 Å². The van der Waals surface area contributed by atoms with Crippen molar-refractivity contribution in [3.05, 3.63) is 23.3 Å². The van der Waals surface area contributed by atoms with Gasteiger partial charge in [-0.2, -0.15) is 5.48 Å². The van der Waals surface area contributed by atoms with Gasteiger partial charge in [0.1, 0.15) is 17.9 Å². The largest absolute Gasteiger partial charge is 0.413 e. The third-order valence-electron chi connectivity index (χ3n) is 1.88. The van der Waals surface area contributed by atoms with Crippen molar-refractivity contribution in [2.45, 2.75) is 20.8 Å². The Balaban J connectivity index is 2.83. The molecule has 5 nitrogen and oxygen atoms in total. The second kappa shape index (κ2) is 5.31. The lowest BCUT2D eigenvalue weighted by Gasteiger charge is -2.06. The molecular formula is C10H16N4O. The minimum absolute atomic E-state index is 0.493. The first-order chi connectivity index (χ1) is 7.15. The molecule has 0 bridgehead atoms. The highest BCUT2D eigenvalue weighted by atomic mass is 16.6. The van der Waals surface area contributed by atoms with Crippen molar-refractivity contribution in [3.63, 3.8) is 0 Å². The molecule has 0 aromatic carbocycles.